The third-order valence-electron chi connectivity index (χ3n) is 2.50. The molecule has 0 bridgehead atoms. The Hall–Kier alpha value is -0.290. The van der Waals surface area contributed by atoms with Gasteiger partial charge >= 0.3 is 0 Å². The molecule has 2 aromatic rings. The summed E-state index contributed by atoms with van der Waals surface area (Å²) in [4.78, 5) is 5.70. The smallest absolute Gasteiger partial charge is 0.112 e. The second-order valence-corrected chi connectivity index (χ2v) is 6.87. The molecule has 0 fully saturated rings. The number of aromatic nitrogens is 1. The number of anilines is 1. The number of hydrogen-bond acceptors (Lipinski definition) is 3. The normalized spacial score (nSPS) is 10.7. The van der Waals surface area contributed by atoms with Crippen LogP contribution in [0, 0.1) is 13.8 Å². The summed E-state index contributed by atoms with van der Waals surface area (Å²) in [6.07, 6.45) is 0. The van der Waals surface area contributed by atoms with Crippen LogP contribution in [-0.4, -0.2) is 4.98 Å². The molecule has 18 heavy (non-hydrogen) atoms. The van der Waals surface area contributed by atoms with E-state index in [9.17, 15) is 0 Å². The van der Waals surface area contributed by atoms with E-state index in [0.717, 1.165) is 20.9 Å². The Morgan fingerprint density at radius 2 is 1.89 bits per heavy atom. The van der Waals surface area contributed by atoms with E-state index in [1.54, 1.807) is 11.3 Å². The standard InChI is InChI=1S/C12H11BrCl2N2S/c1-6-7(2)18-11(17-6)5-16-12-9(14)3-8(13)4-10(12)15/h3-4,16H,5H2,1-2H3. The van der Waals surface area contributed by atoms with Crippen LogP contribution in [0.15, 0.2) is 16.6 Å². The third-order valence-corrected chi connectivity index (χ3v) is 4.62. The van der Waals surface area contributed by atoms with Crippen molar-refractivity contribution in [2.24, 2.45) is 0 Å². The van der Waals surface area contributed by atoms with E-state index in [2.05, 4.69) is 33.2 Å². The van der Waals surface area contributed by atoms with Crippen molar-refractivity contribution in [3.63, 3.8) is 0 Å². The second-order valence-electron chi connectivity index (χ2n) is 3.85. The summed E-state index contributed by atoms with van der Waals surface area (Å²) in [7, 11) is 0. The molecule has 0 aliphatic carbocycles. The molecule has 1 heterocycles. The van der Waals surface area contributed by atoms with Crippen molar-refractivity contribution in [2.75, 3.05) is 5.32 Å². The van der Waals surface area contributed by atoms with Gasteiger partial charge < -0.3 is 5.32 Å². The molecule has 0 saturated heterocycles. The molecule has 0 amide bonds. The molecule has 1 aromatic heterocycles. The van der Waals surface area contributed by atoms with Gasteiger partial charge in [-0.05, 0) is 26.0 Å². The fourth-order valence-corrected chi connectivity index (χ4v) is 3.71. The van der Waals surface area contributed by atoms with Crippen LogP contribution < -0.4 is 5.32 Å². The minimum atomic E-state index is 0.597. The van der Waals surface area contributed by atoms with Crippen LogP contribution in [0.1, 0.15) is 15.6 Å². The summed E-state index contributed by atoms with van der Waals surface area (Å²) < 4.78 is 0.865. The van der Waals surface area contributed by atoms with Gasteiger partial charge in [-0.2, -0.15) is 0 Å². The molecule has 0 aliphatic heterocycles. The highest BCUT2D eigenvalue weighted by Crippen LogP contribution is 2.34. The average Bonchev–Trinajstić information content (AvgIpc) is 2.56. The molecule has 1 aromatic carbocycles. The van der Waals surface area contributed by atoms with Crippen molar-refractivity contribution in [3.8, 4) is 0 Å². The van der Waals surface area contributed by atoms with Crippen molar-refractivity contribution in [3.05, 3.63) is 42.2 Å². The van der Waals surface area contributed by atoms with Gasteiger partial charge in [-0.25, -0.2) is 4.98 Å². The monoisotopic (exact) mass is 364 g/mol. The third kappa shape index (κ3) is 3.18. The first-order chi connectivity index (χ1) is 8.47. The molecule has 0 spiro atoms. The Bertz CT molecular complexity index is 541. The fraction of sp³-hybridized carbons (Fsp3) is 0.250. The Labute approximate surface area is 128 Å². The van der Waals surface area contributed by atoms with E-state index in [1.165, 1.54) is 4.88 Å². The van der Waals surface area contributed by atoms with Crippen molar-refractivity contribution in [2.45, 2.75) is 20.4 Å². The summed E-state index contributed by atoms with van der Waals surface area (Å²) >= 11 is 17.3. The summed E-state index contributed by atoms with van der Waals surface area (Å²) in [5.41, 5.74) is 1.82. The number of hydrogen-bond donors (Lipinski definition) is 1. The van der Waals surface area contributed by atoms with Crippen LogP contribution in [0.25, 0.3) is 0 Å². The lowest BCUT2D eigenvalue weighted by atomic mass is 10.3. The maximum atomic E-state index is 6.14. The van der Waals surface area contributed by atoms with Gasteiger partial charge in [0.2, 0.25) is 0 Å². The minimum Gasteiger partial charge on any atom is -0.376 e. The van der Waals surface area contributed by atoms with Crippen molar-refractivity contribution >= 4 is 56.2 Å². The van der Waals surface area contributed by atoms with Gasteiger partial charge in [0.05, 0.1) is 28.0 Å². The van der Waals surface area contributed by atoms with Gasteiger partial charge in [-0.15, -0.1) is 11.3 Å². The highest BCUT2D eigenvalue weighted by atomic mass is 79.9. The molecule has 96 valence electrons. The van der Waals surface area contributed by atoms with Crippen LogP contribution in [0.3, 0.4) is 0 Å². The van der Waals surface area contributed by atoms with Gasteiger partial charge in [0.1, 0.15) is 5.01 Å². The van der Waals surface area contributed by atoms with Crippen LogP contribution >= 0.6 is 50.5 Å². The number of nitrogens with one attached hydrogen (secondary N) is 1. The summed E-state index contributed by atoms with van der Waals surface area (Å²) in [5, 5.41) is 5.45. The Kier molecular flexibility index (Phi) is 4.54. The van der Waals surface area contributed by atoms with Crippen LogP contribution in [0.5, 0.6) is 0 Å². The van der Waals surface area contributed by atoms with Crippen molar-refractivity contribution in [1.29, 1.82) is 0 Å². The fourth-order valence-electron chi connectivity index (χ4n) is 1.49. The summed E-state index contributed by atoms with van der Waals surface area (Å²) in [6, 6.07) is 3.63. The van der Waals surface area contributed by atoms with E-state index in [0.29, 0.717) is 16.6 Å². The Morgan fingerprint density at radius 3 is 2.39 bits per heavy atom. The largest absolute Gasteiger partial charge is 0.376 e. The van der Waals surface area contributed by atoms with E-state index >= 15 is 0 Å². The molecule has 0 atom stereocenters. The van der Waals surface area contributed by atoms with E-state index in [-0.39, 0.29) is 0 Å². The first-order valence-corrected chi connectivity index (χ1v) is 7.65. The molecule has 6 heteroatoms. The molecule has 0 radical (unpaired) electrons. The number of rotatable bonds is 3. The predicted octanol–water partition coefficient (Wildman–Crippen LogP) is 5.44. The zero-order chi connectivity index (χ0) is 13.3. The number of aryl methyl sites for hydroxylation is 2. The molecule has 2 nitrogen and oxygen atoms in total. The quantitative estimate of drug-likeness (QED) is 0.783. The van der Waals surface area contributed by atoms with Gasteiger partial charge in [0.25, 0.3) is 0 Å². The lowest BCUT2D eigenvalue weighted by molar-refractivity contribution is 1.07. The molecule has 0 saturated carbocycles. The van der Waals surface area contributed by atoms with Crippen LogP contribution in [0.2, 0.25) is 10.0 Å². The molecular weight excluding hydrogens is 355 g/mol. The number of halogens is 3. The van der Waals surface area contributed by atoms with Crippen molar-refractivity contribution in [1.82, 2.24) is 4.98 Å². The van der Waals surface area contributed by atoms with Gasteiger partial charge in [-0.3, -0.25) is 0 Å². The summed E-state index contributed by atoms with van der Waals surface area (Å²) in [5.74, 6) is 0. The maximum Gasteiger partial charge on any atom is 0.112 e. The Morgan fingerprint density at radius 1 is 1.28 bits per heavy atom. The SMILES string of the molecule is Cc1nc(CNc2c(Cl)cc(Br)cc2Cl)sc1C. The minimum absolute atomic E-state index is 0.597. The lowest BCUT2D eigenvalue weighted by Crippen LogP contribution is -2.00. The van der Waals surface area contributed by atoms with Gasteiger partial charge in [0, 0.05) is 9.35 Å². The average molecular weight is 366 g/mol. The molecule has 1 N–H and O–H groups in total. The molecule has 0 aliphatic rings. The predicted molar refractivity (Wildman–Crippen MR) is 83.1 cm³/mol. The zero-order valence-electron chi connectivity index (χ0n) is 9.85. The number of thiazole rings is 1. The lowest BCUT2D eigenvalue weighted by Gasteiger charge is -2.09. The highest BCUT2D eigenvalue weighted by Gasteiger charge is 2.09. The Balaban J connectivity index is 2.15. The molecule has 0 unspecified atom stereocenters. The molecule has 2 rings (SSSR count). The summed E-state index contributed by atoms with van der Waals surface area (Å²) in [6.45, 7) is 4.70. The van der Waals surface area contributed by atoms with Gasteiger partial charge in [0.15, 0.2) is 0 Å². The van der Waals surface area contributed by atoms with Crippen LogP contribution in [0.4, 0.5) is 5.69 Å². The van der Waals surface area contributed by atoms with E-state index < -0.39 is 0 Å². The van der Waals surface area contributed by atoms with E-state index in [4.69, 9.17) is 23.2 Å². The number of benzene rings is 1. The first-order valence-electron chi connectivity index (χ1n) is 5.28. The van der Waals surface area contributed by atoms with Crippen molar-refractivity contribution < 1.29 is 0 Å². The first kappa shape index (κ1) is 14.1. The van der Waals surface area contributed by atoms with E-state index in [1.807, 2.05) is 19.1 Å². The number of nitrogens with zero attached hydrogens (tertiary/aromatic N) is 1. The highest BCUT2D eigenvalue weighted by molar-refractivity contribution is 9.10. The topological polar surface area (TPSA) is 24.9 Å². The maximum absolute atomic E-state index is 6.14. The zero-order valence-corrected chi connectivity index (χ0v) is 13.8. The van der Waals surface area contributed by atoms with Crippen LogP contribution in [-0.2, 0) is 6.54 Å². The second kappa shape index (κ2) is 5.78. The van der Waals surface area contributed by atoms with Gasteiger partial charge in [-0.1, -0.05) is 39.1 Å². The molecular formula is C12H11BrCl2N2S.